The maximum Gasteiger partial charge on any atom is 0.252 e. The van der Waals surface area contributed by atoms with Gasteiger partial charge >= 0.3 is 0 Å². The Hall–Kier alpha value is -2.69. The van der Waals surface area contributed by atoms with E-state index in [2.05, 4.69) is 26.2 Å². The lowest BCUT2D eigenvalue weighted by Gasteiger charge is -2.16. The molecule has 2 heterocycles. The first-order chi connectivity index (χ1) is 15.3. The van der Waals surface area contributed by atoms with Gasteiger partial charge in [0.1, 0.15) is 5.75 Å². The van der Waals surface area contributed by atoms with Gasteiger partial charge < -0.3 is 15.0 Å². The van der Waals surface area contributed by atoms with Crippen molar-refractivity contribution in [2.75, 3.05) is 20.2 Å². The van der Waals surface area contributed by atoms with Gasteiger partial charge in [0, 0.05) is 46.6 Å². The number of nitrogens with one attached hydrogen (secondary N) is 2. The standard InChI is InChI=1S/C22H22BrN3O5S/c1-31-20-7-4-15(23)10-14(20)13-24-22(28)18-12-21(27)25-19-6-5-16(11-17(18)19)32(29,30)26-8-2-3-9-26/h4-7,10-12H,2-3,8-9,13H2,1H3,(H,24,28)(H,25,27). The first kappa shape index (κ1) is 22.5. The highest BCUT2D eigenvalue weighted by Crippen LogP contribution is 2.26. The highest BCUT2D eigenvalue weighted by molar-refractivity contribution is 9.10. The predicted octanol–water partition coefficient (Wildman–Crippen LogP) is 3.01. The van der Waals surface area contributed by atoms with Crippen LogP contribution in [0.1, 0.15) is 28.8 Å². The molecule has 1 aromatic heterocycles. The maximum atomic E-state index is 13.0. The zero-order chi connectivity index (χ0) is 22.9. The number of carbonyl (C=O) groups excluding carboxylic acids is 1. The number of amides is 1. The Morgan fingerprint density at radius 2 is 1.91 bits per heavy atom. The highest BCUT2D eigenvalue weighted by Gasteiger charge is 2.27. The van der Waals surface area contributed by atoms with Crippen LogP contribution in [0.4, 0.5) is 0 Å². The highest BCUT2D eigenvalue weighted by atomic mass is 79.9. The van der Waals surface area contributed by atoms with Gasteiger partial charge in [0.15, 0.2) is 0 Å². The minimum Gasteiger partial charge on any atom is -0.496 e. The number of rotatable bonds is 6. The van der Waals surface area contributed by atoms with E-state index in [1.54, 1.807) is 13.2 Å². The molecule has 1 amide bonds. The molecular formula is C22H22BrN3O5S. The third-order valence-corrected chi connectivity index (χ3v) is 7.83. The van der Waals surface area contributed by atoms with Crippen molar-refractivity contribution < 1.29 is 17.9 Å². The lowest BCUT2D eigenvalue weighted by atomic mass is 10.1. The van der Waals surface area contributed by atoms with E-state index in [1.165, 1.54) is 28.6 Å². The minimum atomic E-state index is -3.66. The number of hydrogen-bond acceptors (Lipinski definition) is 5. The van der Waals surface area contributed by atoms with E-state index >= 15 is 0 Å². The van der Waals surface area contributed by atoms with Gasteiger partial charge in [-0.1, -0.05) is 15.9 Å². The van der Waals surface area contributed by atoms with Crippen molar-refractivity contribution in [3.8, 4) is 5.75 Å². The molecule has 1 aliphatic heterocycles. The lowest BCUT2D eigenvalue weighted by Crippen LogP contribution is -2.28. The molecule has 168 valence electrons. The van der Waals surface area contributed by atoms with Crippen molar-refractivity contribution in [2.24, 2.45) is 0 Å². The number of ether oxygens (including phenoxy) is 1. The van der Waals surface area contributed by atoms with Gasteiger partial charge in [-0.25, -0.2) is 8.42 Å². The summed E-state index contributed by atoms with van der Waals surface area (Å²) in [5.41, 5.74) is 0.804. The smallest absolute Gasteiger partial charge is 0.252 e. The van der Waals surface area contributed by atoms with Gasteiger partial charge in [-0.3, -0.25) is 9.59 Å². The largest absolute Gasteiger partial charge is 0.496 e. The fraction of sp³-hybridized carbons (Fsp3) is 0.273. The molecule has 2 N–H and O–H groups in total. The fourth-order valence-electron chi connectivity index (χ4n) is 3.81. The zero-order valence-corrected chi connectivity index (χ0v) is 19.8. The summed E-state index contributed by atoms with van der Waals surface area (Å²) < 4.78 is 33.6. The van der Waals surface area contributed by atoms with Crippen LogP contribution in [-0.2, 0) is 16.6 Å². The summed E-state index contributed by atoms with van der Waals surface area (Å²) in [6.45, 7) is 1.13. The maximum absolute atomic E-state index is 13.0. The normalized spacial score (nSPS) is 14.6. The van der Waals surface area contributed by atoms with E-state index in [-0.39, 0.29) is 17.0 Å². The number of benzene rings is 2. The second-order valence-electron chi connectivity index (χ2n) is 7.50. The van der Waals surface area contributed by atoms with Gasteiger partial charge in [-0.2, -0.15) is 4.31 Å². The van der Waals surface area contributed by atoms with Crippen LogP contribution in [0, 0.1) is 0 Å². The van der Waals surface area contributed by atoms with E-state index in [1.807, 2.05) is 12.1 Å². The molecule has 1 fully saturated rings. The van der Waals surface area contributed by atoms with Crippen molar-refractivity contribution in [1.82, 2.24) is 14.6 Å². The van der Waals surface area contributed by atoms with Crippen LogP contribution < -0.4 is 15.6 Å². The lowest BCUT2D eigenvalue weighted by molar-refractivity contribution is 0.0952. The average Bonchev–Trinajstić information content (AvgIpc) is 3.32. The Kier molecular flexibility index (Phi) is 6.36. The molecule has 1 aliphatic rings. The topological polar surface area (TPSA) is 109 Å². The van der Waals surface area contributed by atoms with Crippen molar-refractivity contribution in [2.45, 2.75) is 24.3 Å². The van der Waals surface area contributed by atoms with Crippen LogP contribution >= 0.6 is 15.9 Å². The van der Waals surface area contributed by atoms with Crippen molar-refractivity contribution in [1.29, 1.82) is 0 Å². The van der Waals surface area contributed by atoms with Gasteiger partial charge in [0.05, 0.1) is 17.6 Å². The SMILES string of the molecule is COc1ccc(Br)cc1CNC(=O)c1cc(=O)[nH]c2ccc(S(=O)(=O)N3CCCC3)cc12. The molecule has 2 aromatic carbocycles. The van der Waals surface area contributed by atoms with E-state index in [0.717, 1.165) is 22.9 Å². The van der Waals surface area contributed by atoms with Crippen LogP contribution in [0.3, 0.4) is 0 Å². The molecule has 0 bridgehead atoms. The fourth-order valence-corrected chi connectivity index (χ4v) is 5.77. The van der Waals surface area contributed by atoms with Gasteiger partial charge in [0.25, 0.3) is 5.91 Å². The molecule has 8 nitrogen and oxygen atoms in total. The number of fused-ring (bicyclic) bond motifs is 1. The summed E-state index contributed by atoms with van der Waals surface area (Å²) in [7, 11) is -2.12. The Bertz CT molecular complexity index is 1350. The Morgan fingerprint density at radius 1 is 1.16 bits per heavy atom. The van der Waals surface area contributed by atoms with Gasteiger partial charge in [-0.05, 0) is 49.2 Å². The van der Waals surface area contributed by atoms with E-state index in [0.29, 0.717) is 29.7 Å². The van der Waals surface area contributed by atoms with Gasteiger partial charge in [0.2, 0.25) is 15.6 Å². The molecule has 0 unspecified atom stereocenters. The number of pyridine rings is 1. The molecule has 3 aromatic rings. The van der Waals surface area contributed by atoms with Crippen molar-refractivity contribution >= 4 is 42.8 Å². The number of halogens is 1. The minimum absolute atomic E-state index is 0.0988. The molecule has 4 rings (SSSR count). The van der Waals surface area contributed by atoms with E-state index < -0.39 is 21.5 Å². The first-order valence-corrected chi connectivity index (χ1v) is 12.3. The Balaban J connectivity index is 1.69. The molecule has 0 radical (unpaired) electrons. The van der Waals surface area contributed by atoms with Crippen LogP contribution in [-0.4, -0.2) is 43.8 Å². The van der Waals surface area contributed by atoms with Crippen LogP contribution in [0.25, 0.3) is 10.9 Å². The van der Waals surface area contributed by atoms with Gasteiger partial charge in [-0.15, -0.1) is 0 Å². The molecule has 32 heavy (non-hydrogen) atoms. The summed E-state index contributed by atoms with van der Waals surface area (Å²) >= 11 is 3.40. The molecule has 0 saturated carbocycles. The molecule has 0 spiro atoms. The second-order valence-corrected chi connectivity index (χ2v) is 10.4. The third kappa shape index (κ3) is 4.43. The van der Waals surface area contributed by atoms with E-state index in [4.69, 9.17) is 4.74 Å². The molecular weight excluding hydrogens is 498 g/mol. The monoisotopic (exact) mass is 519 g/mol. The first-order valence-electron chi connectivity index (χ1n) is 10.1. The molecule has 10 heteroatoms. The number of H-pyrrole nitrogens is 1. The number of aromatic amines is 1. The number of aromatic nitrogens is 1. The number of hydrogen-bond donors (Lipinski definition) is 2. The van der Waals surface area contributed by atoms with Crippen molar-refractivity contribution in [3.63, 3.8) is 0 Å². The number of methoxy groups -OCH3 is 1. The summed E-state index contributed by atoms with van der Waals surface area (Å²) in [4.78, 5) is 27.9. The summed E-state index contributed by atoms with van der Waals surface area (Å²) in [6.07, 6.45) is 1.65. The van der Waals surface area contributed by atoms with E-state index in [9.17, 15) is 18.0 Å². The summed E-state index contributed by atoms with van der Waals surface area (Å²) in [6, 6.07) is 11.1. The number of nitrogens with zero attached hydrogens (tertiary/aromatic N) is 1. The predicted molar refractivity (Wildman–Crippen MR) is 124 cm³/mol. The van der Waals surface area contributed by atoms with Crippen LogP contribution in [0.2, 0.25) is 0 Å². The quantitative estimate of drug-likeness (QED) is 0.520. The summed E-state index contributed by atoms with van der Waals surface area (Å²) in [5, 5.41) is 3.16. The summed E-state index contributed by atoms with van der Waals surface area (Å²) in [5.74, 6) is 0.127. The Morgan fingerprint density at radius 3 is 2.62 bits per heavy atom. The number of carbonyl (C=O) groups is 1. The Labute approximate surface area is 193 Å². The molecule has 1 saturated heterocycles. The second kappa shape index (κ2) is 9.05. The molecule has 0 atom stereocenters. The molecule has 0 aliphatic carbocycles. The third-order valence-electron chi connectivity index (χ3n) is 5.44. The zero-order valence-electron chi connectivity index (χ0n) is 17.4. The average molecular weight is 520 g/mol. The number of sulfonamides is 1. The van der Waals surface area contributed by atoms with Crippen LogP contribution in [0.5, 0.6) is 5.75 Å². The van der Waals surface area contributed by atoms with Crippen molar-refractivity contribution in [3.05, 3.63) is 68.4 Å². The van der Waals surface area contributed by atoms with Crippen LogP contribution in [0.15, 0.2) is 56.6 Å².